The van der Waals surface area contributed by atoms with E-state index in [-0.39, 0.29) is 6.04 Å². The quantitative estimate of drug-likeness (QED) is 0.678. The molecule has 0 unspecified atom stereocenters. The van der Waals surface area contributed by atoms with Crippen LogP contribution in [0.2, 0.25) is 0 Å². The van der Waals surface area contributed by atoms with Crippen molar-refractivity contribution in [3.05, 3.63) is 35.4 Å². The zero-order chi connectivity index (χ0) is 9.26. The van der Waals surface area contributed by atoms with Crippen LogP contribution in [0.4, 0.5) is 8.78 Å². The first kappa shape index (κ1) is 8.63. The van der Waals surface area contributed by atoms with E-state index in [1.54, 1.807) is 6.07 Å². The predicted octanol–water partition coefficient (Wildman–Crippen LogP) is 1.36. The molecule has 13 heavy (non-hydrogen) atoms. The normalized spacial score (nSPS) is 22.2. The summed E-state index contributed by atoms with van der Waals surface area (Å²) in [6.07, 6.45) is 2.10. The van der Waals surface area contributed by atoms with Crippen molar-refractivity contribution in [1.82, 2.24) is 0 Å². The molecule has 0 amide bonds. The van der Waals surface area contributed by atoms with Crippen LogP contribution in [0.1, 0.15) is 24.4 Å². The zero-order valence-electron chi connectivity index (χ0n) is 7.26. The highest BCUT2D eigenvalue weighted by atomic mass is 19.1. The highest BCUT2D eigenvalue weighted by Gasteiger charge is 2.23. The minimum atomic E-state index is -0.501. The molecule has 1 atom stereocenters. The lowest BCUT2D eigenvalue weighted by Gasteiger charge is -2.07. The van der Waals surface area contributed by atoms with Crippen molar-refractivity contribution >= 4 is 0 Å². The zero-order valence-corrected chi connectivity index (χ0v) is 7.26. The van der Waals surface area contributed by atoms with Gasteiger partial charge in [-0.2, -0.15) is 0 Å². The Morgan fingerprint density at radius 1 is 1.31 bits per heavy atom. The first-order valence-corrected chi connectivity index (χ1v) is 4.55. The van der Waals surface area contributed by atoms with Crippen molar-refractivity contribution in [1.29, 1.82) is 0 Å². The van der Waals surface area contributed by atoms with E-state index in [2.05, 4.69) is 5.32 Å². The van der Waals surface area contributed by atoms with Gasteiger partial charge in [0.05, 0.1) is 6.54 Å². The highest BCUT2D eigenvalue weighted by molar-refractivity contribution is 5.20. The molecule has 1 saturated heterocycles. The van der Waals surface area contributed by atoms with Crippen LogP contribution < -0.4 is 5.32 Å². The van der Waals surface area contributed by atoms with Gasteiger partial charge < -0.3 is 5.32 Å². The molecule has 1 fully saturated rings. The lowest BCUT2D eigenvalue weighted by atomic mass is 10.0. The van der Waals surface area contributed by atoms with Gasteiger partial charge in [0.25, 0.3) is 0 Å². The standard InChI is InChI=1S/C10H11F2N/c11-7-3-4-8(9(12)6-7)10-2-1-5-13-10/h3-4,6,10,13H,1-2,5H2/p+1/t10-/m1/s1. The average Bonchev–Trinajstić information content (AvgIpc) is 2.56. The van der Waals surface area contributed by atoms with Crippen LogP contribution in [0.3, 0.4) is 0 Å². The minimum Gasteiger partial charge on any atom is -0.340 e. The Morgan fingerprint density at radius 2 is 2.15 bits per heavy atom. The molecule has 0 bridgehead atoms. The molecule has 0 saturated carbocycles. The molecule has 70 valence electrons. The Morgan fingerprint density at radius 3 is 2.77 bits per heavy atom. The number of hydrogen-bond donors (Lipinski definition) is 1. The van der Waals surface area contributed by atoms with Crippen molar-refractivity contribution in [2.24, 2.45) is 0 Å². The molecule has 0 spiro atoms. The van der Waals surface area contributed by atoms with E-state index < -0.39 is 11.6 Å². The van der Waals surface area contributed by atoms with E-state index >= 15 is 0 Å². The molecule has 1 nitrogen and oxygen atoms in total. The summed E-state index contributed by atoms with van der Waals surface area (Å²) in [6, 6.07) is 4.03. The van der Waals surface area contributed by atoms with E-state index in [9.17, 15) is 8.78 Å². The number of halogens is 2. The van der Waals surface area contributed by atoms with Crippen molar-refractivity contribution in [3.63, 3.8) is 0 Å². The second-order valence-corrected chi connectivity index (χ2v) is 3.44. The topological polar surface area (TPSA) is 16.6 Å². The molecule has 0 aromatic heterocycles. The summed E-state index contributed by atoms with van der Waals surface area (Å²) in [5.41, 5.74) is 0.638. The van der Waals surface area contributed by atoms with Gasteiger partial charge in [0, 0.05) is 24.5 Å². The van der Waals surface area contributed by atoms with Gasteiger partial charge in [0.2, 0.25) is 0 Å². The molecule has 2 N–H and O–H groups in total. The SMILES string of the molecule is Fc1ccc([C@H]2CCC[NH2+]2)c(F)c1. The first-order valence-electron chi connectivity index (χ1n) is 4.55. The number of benzene rings is 1. The van der Waals surface area contributed by atoms with E-state index in [0.717, 1.165) is 25.5 Å². The van der Waals surface area contributed by atoms with E-state index in [1.807, 2.05) is 0 Å². The third-order valence-corrected chi connectivity index (χ3v) is 2.53. The molecule has 1 aliphatic heterocycles. The van der Waals surface area contributed by atoms with Gasteiger partial charge in [-0.15, -0.1) is 0 Å². The maximum absolute atomic E-state index is 13.2. The highest BCUT2D eigenvalue weighted by Crippen LogP contribution is 2.20. The fourth-order valence-electron chi connectivity index (χ4n) is 1.86. The third-order valence-electron chi connectivity index (χ3n) is 2.53. The largest absolute Gasteiger partial charge is 0.340 e. The Balaban J connectivity index is 2.29. The number of rotatable bonds is 1. The van der Waals surface area contributed by atoms with Crippen molar-refractivity contribution in [2.45, 2.75) is 18.9 Å². The number of hydrogen-bond acceptors (Lipinski definition) is 0. The second-order valence-electron chi connectivity index (χ2n) is 3.44. The van der Waals surface area contributed by atoms with Crippen molar-refractivity contribution in [2.75, 3.05) is 6.54 Å². The third kappa shape index (κ3) is 1.70. The van der Waals surface area contributed by atoms with Crippen LogP contribution in [0.5, 0.6) is 0 Å². The molecular formula is C10H12F2N+. The summed E-state index contributed by atoms with van der Waals surface area (Å²) in [4.78, 5) is 0. The van der Waals surface area contributed by atoms with Gasteiger partial charge in [-0.25, -0.2) is 8.78 Å². The van der Waals surface area contributed by atoms with E-state index in [1.165, 1.54) is 6.07 Å². The molecule has 1 aromatic rings. The van der Waals surface area contributed by atoms with Crippen LogP contribution in [0.25, 0.3) is 0 Å². The Labute approximate surface area is 75.8 Å². The number of nitrogens with two attached hydrogens (primary N) is 1. The van der Waals surface area contributed by atoms with Crippen LogP contribution >= 0.6 is 0 Å². The predicted molar refractivity (Wildman–Crippen MR) is 45.1 cm³/mol. The maximum atomic E-state index is 13.2. The summed E-state index contributed by atoms with van der Waals surface area (Å²) in [7, 11) is 0. The average molecular weight is 184 g/mol. The molecular weight excluding hydrogens is 172 g/mol. The Kier molecular flexibility index (Phi) is 2.27. The molecule has 3 heteroatoms. The summed E-state index contributed by atoms with van der Waals surface area (Å²) < 4.78 is 25.8. The smallest absolute Gasteiger partial charge is 0.135 e. The molecule has 1 aromatic carbocycles. The molecule has 0 radical (unpaired) electrons. The van der Waals surface area contributed by atoms with Gasteiger partial charge in [-0.3, -0.25) is 0 Å². The van der Waals surface area contributed by atoms with E-state index in [0.29, 0.717) is 5.56 Å². The molecule has 1 heterocycles. The van der Waals surface area contributed by atoms with Crippen LogP contribution in [-0.4, -0.2) is 6.54 Å². The molecule has 0 aliphatic carbocycles. The van der Waals surface area contributed by atoms with Crippen LogP contribution in [0, 0.1) is 11.6 Å². The minimum absolute atomic E-state index is 0.195. The second kappa shape index (κ2) is 3.42. The molecule has 1 aliphatic rings. The Hall–Kier alpha value is -0.960. The monoisotopic (exact) mass is 184 g/mol. The van der Waals surface area contributed by atoms with Crippen molar-refractivity contribution in [3.8, 4) is 0 Å². The van der Waals surface area contributed by atoms with E-state index in [4.69, 9.17) is 0 Å². The van der Waals surface area contributed by atoms with Gasteiger partial charge in [-0.05, 0) is 12.1 Å². The van der Waals surface area contributed by atoms with Crippen LogP contribution in [0.15, 0.2) is 18.2 Å². The van der Waals surface area contributed by atoms with Gasteiger partial charge in [0.15, 0.2) is 0 Å². The maximum Gasteiger partial charge on any atom is 0.135 e. The summed E-state index contributed by atoms with van der Waals surface area (Å²) in [6.45, 7) is 1.04. The summed E-state index contributed by atoms with van der Waals surface area (Å²) in [5, 5.41) is 2.11. The fourth-order valence-corrected chi connectivity index (χ4v) is 1.86. The Bertz CT molecular complexity index is 306. The first-order chi connectivity index (χ1) is 6.27. The fraction of sp³-hybridized carbons (Fsp3) is 0.400. The van der Waals surface area contributed by atoms with Gasteiger partial charge in [-0.1, -0.05) is 0 Å². The lowest BCUT2D eigenvalue weighted by Crippen LogP contribution is -2.81. The van der Waals surface area contributed by atoms with Crippen LogP contribution in [-0.2, 0) is 0 Å². The summed E-state index contributed by atoms with van der Waals surface area (Å²) in [5.74, 6) is -0.914. The lowest BCUT2D eigenvalue weighted by molar-refractivity contribution is -0.676. The number of quaternary nitrogens is 1. The van der Waals surface area contributed by atoms with Crippen molar-refractivity contribution < 1.29 is 14.1 Å². The molecule has 2 rings (SSSR count). The van der Waals surface area contributed by atoms with Gasteiger partial charge in [0.1, 0.15) is 17.7 Å². The summed E-state index contributed by atoms with van der Waals surface area (Å²) >= 11 is 0. The van der Waals surface area contributed by atoms with Gasteiger partial charge >= 0.3 is 0 Å².